The van der Waals surface area contributed by atoms with Gasteiger partial charge in [0.15, 0.2) is 0 Å². The van der Waals surface area contributed by atoms with Crippen LogP contribution in [0.3, 0.4) is 0 Å². The average molecular weight is 294 g/mol. The highest BCUT2D eigenvalue weighted by Crippen LogP contribution is 2.13. The zero-order valence-electron chi connectivity index (χ0n) is 12.1. The Bertz CT molecular complexity index is 481. The van der Waals surface area contributed by atoms with Crippen LogP contribution in [0.5, 0.6) is 0 Å². The first kappa shape index (κ1) is 15.2. The Morgan fingerprint density at radius 3 is 2.65 bits per heavy atom. The molecule has 1 saturated heterocycles. The number of nitrogens with one attached hydrogen (secondary N) is 1. The van der Waals surface area contributed by atoms with Crippen molar-refractivity contribution in [3.63, 3.8) is 0 Å². The van der Waals surface area contributed by atoms with Crippen LogP contribution in [0, 0.1) is 0 Å². The molecule has 0 saturated carbocycles. The standard InChI is InChI=1S/C15H22N2O2S/c1-17(15(18)10-13-4-3-9-16-13)11-12-5-7-14(8-6-12)20(2)19/h5-8,13,16H,3-4,9-11H2,1-2H3. The molecule has 1 aliphatic rings. The minimum absolute atomic E-state index is 0.174. The van der Waals surface area contributed by atoms with Gasteiger partial charge in [0.2, 0.25) is 5.91 Å². The summed E-state index contributed by atoms with van der Waals surface area (Å²) in [5.74, 6) is 0.174. The van der Waals surface area contributed by atoms with Crippen LogP contribution in [0.1, 0.15) is 24.8 Å². The molecule has 1 N–H and O–H groups in total. The van der Waals surface area contributed by atoms with Crippen molar-refractivity contribution in [2.24, 2.45) is 0 Å². The minimum Gasteiger partial charge on any atom is -0.341 e. The second kappa shape index (κ2) is 6.99. The Balaban J connectivity index is 1.87. The normalized spacial score (nSPS) is 19.8. The molecule has 1 aromatic carbocycles. The molecule has 2 atom stereocenters. The monoisotopic (exact) mass is 294 g/mol. The molecule has 2 unspecified atom stereocenters. The van der Waals surface area contributed by atoms with Crippen molar-refractivity contribution in [2.45, 2.75) is 36.7 Å². The summed E-state index contributed by atoms with van der Waals surface area (Å²) >= 11 is 0. The van der Waals surface area contributed by atoms with Gasteiger partial charge in [-0.1, -0.05) is 12.1 Å². The molecule has 0 spiro atoms. The van der Waals surface area contributed by atoms with Gasteiger partial charge in [0.05, 0.1) is 0 Å². The minimum atomic E-state index is -0.951. The largest absolute Gasteiger partial charge is 0.341 e. The van der Waals surface area contributed by atoms with Crippen LogP contribution < -0.4 is 5.32 Å². The summed E-state index contributed by atoms with van der Waals surface area (Å²) in [4.78, 5) is 14.7. The lowest BCUT2D eigenvalue weighted by molar-refractivity contribution is -0.130. The molecule has 0 bridgehead atoms. The molecular weight excluding hydrogens is 272 g/mol. The van der Waals surface area contributed by atoms with Crippen LogP contribution >= 0.6 is 0 Å². The topological polar surface area (TPSA) is 49.4 Å². The van der Waals surface area contributed by atoms with E-state index in [1.165, 1.54) is 0 Å². The molecule has 1 amide bonds. The Labute approximate surface area is 123 Å². The van der Waals surface area contributed by atoms with Crippen LogP contribution in [0.2, 0.25) is 0 Å². The molecule has 1 heterocycles. The van der Waals surface area contributed by atoms with Gasteiger partial charge in [-0.2, -0.15) is 0 Å². The third-order valence-corrected chi connectivity index (χ3v) is 4.62. The lowest BCUT2D eigenvalue weighted by atomic mass is 10.1. The summed E-state index contributed by atoms with van der Waals surface area (Å²) in [7, 11) is 0.886. The zero-order chi connectivity index (χ0) is 14.5. The summed E-state index contributed by atoms with van der Waals surface area (Å²) in [6, 6.07) is 7.95. The first-order valence-corrected chi connectivity index (χ1v) is 8.52. The van der Waals surface area contributed by atoms with Gasteiger partial charge in [-0.3, -0.25) is 9.00 Å². The molecule has 1 aromatic rings. The SMILES string of the molecule is CN(Cc1ccc(S(C)=O)cc1)C(=O)CC1CCCN1. The lowest BCUT2D eigenvalue weighted by Crippen LogP contribution is -2.33. The van der Waals surface area contributed by atoms with E-state index in [1.807, 2.05) is 31.3 Å². The second-order valence-electron chi connectivity index (χ2n) is 5.35. The van der Waals surface area contributed by atoms with Crippen molar-refractivity contribution in [1.82, 2.24) is 10.2 Å². The highest BCUT2D eigenvalue weighted by molar-refractivity contribution is 7.84. The van der Waals surface area contributed by atoms with Gasteiger partial charge in [0.25, 0.3) is 0 Å². The maximum atomic E-state index is 12.1. The molecule has 20 heavy (non-hydrogen) atoms. The molecule has 4 nitrogen and oxygen atoms in total. The Kier molecular flexibility index (Phi) is 5.31. The maximum Gasteiger partial charge on any atom is 0.224 e. The van der Waals surface area contributed by atoms with Gasteiger partial charge >= 0.3 is 0 Å². The van der Waals surface area contributed by atoms with E-state index in [2.05, 4.69) is 5.32 Å². The summed E-state index contributed by atoms with van der Waals surface area (Å²) in [6.45, 7) is 1.62. The molecule has 5 heteroatoms. The fraction of sp³-hybridized carbons (Fsp3) is 0.533. The number of amides is 1. The van der Waals surface area contributed by atoms with E-state index in [0.717, 1.165) is 29.8 Å². The molecule has 110 valence electrons. The molecule has 1 aliphatic heterocycles. The van der Waals surface area contributed by atoms with Gasteiger partial charge in [-0.05, 0) is 37.1 Å². The molecule has 0 aliphatic carbocycles. The summed E-state index contributed by atoms with van der Waals surface area (Å²) < 4.78 is 11.3. The van der Waals surface area contributed by atoms with Crippen molar-refractivity contribution >= 4 is 16.7 Å². The van der Waals surface area contributed by atoms with Gasteiger partial charge in [-0.25, -0.2) is 0 Å². The predicted molar refractivity (Wildman–Crippen MR) is 80.9 cm³/mol. The smallest absolute Gasteiger partial charge is 0.224 e. The van der Waals surface area contributed by atoms with Crippen molar-refractivity contribution in [3.8, 4) is 0 Å². The van der Waals surface area contributed by atoms with Crippen LogP contribution in [-0.2, 0) is 22.1 Å². The number of benzene rings is 1. The Hall–Kier alpha value is -1.20. The number of carbonyl (C=O) groups is 1. The number of hydrogen-bond donors (Lipinski definition) is 1. The van der Waals surface area contributed by atoms with Crippen LogP contribution in [-0.4, -0.2) is 40.9 Å². The van der Waals surface area contributed by atoms with E-state index in [1.54, 1.807) is 11.2 Å². The molecule has 1 fully saturated rings. The first-order chi connectivity index (χ1) is 9.56. The van der Waals surface area contributed by atoms with Gasteiger partial charge < -0.3 is 10.2 Å². The van der Waals surface area contributed by atoms with Gasteiger partial charge in [0, 0.05) is 48.0 Å². The van der Waals surface area contributed by atoms with E-state index < -0.39 is 10.8 Å². The van der Waals surface area contributed by atoms with Crippen molar-refractivity contribution < 1.29 is 9.00 Å². The van der Waals surface area contributed by atoms with E-state index >= 15 is 0 Å². The van der Waals surface area contributed by atoms with Crippen molar-refractivity contribution in [2.75, 3.05) is 19.8 Å². The molecule has 0 aromatic heterocycles. The van der Waals surface area contributed by atoms with Crippen LogP contribution in [0.25, 0.3) is 0 Å². The van der Waals surface area contributed by atoms with E-state index in [9.17, 15) is 9.00 Å². The number of hydrogen-bond acceptors (Lipinski definition) is 3. The lowest BCUT2D eigenvalue weighted by Gasteiger charge is -2.19. The summed E-state index contributed by atoms with van der Waals surface area (Å²) in [5, 5.41) is 3.34. The Morgan fingerprint density at radius 1 is 1.40 bits per heavy atom. The Morgan fingerprint density at radius 2 is 2.10 bits per heavy atom. The first-order valence-electron chi connectivity index (χ1n) is 6.96. The zero-order valence-corrected chi connectivity index (χ0v) is 12.9. The fourth-order valence-corrected chi connectivity index (χ4v) is 2.97. The highest BCUT2D eigenvalue weighted by Gasteiger charge is 2.19. The van der Waals surface area contributed by atoms with Crippen LogP contribution in [0.15, 0.2) is 29.2 Å². The van der Waals surface area contributed by atoms with Crippen molar-refractivity contribution in [1.29, 1.82) is 0 Å². The van der Waals surface area contributed by atoms with E-state index in [0.29, 0.717) is 19.0 Å². The molecule has 2 rings (SSSR count). The van der Waals surface area contributed by atoms with Crippen LogP contribution in [0.4, 0.5) is 0 Å². The number of rotatable bonds is 5. The second-order valence-corrected chi connectivity index (χ2v) is 6.72. The van der Waals surface area contributed by atoms with Gasteiger partial charge in [0.1, 0.15) is 0 Å². The third kappa shape index (κ3) is 4.15. The average Bonchev–Trinajstić information content (AvgIpc) is 2.92. The third-order valence-electron chi connectivity index (χ3n) is 3.68. The molecular formula is C15H22N2O2S. The highest BCUT2D eigenvalue weighted by atomic mass is 32.2. The fourth-order valence-electron chi connectivity index (χ4n) is 2.45. The quantitative estimate of drug-likeness (QED) is 0.896. The van der Waals surface area contributed by atoms with E-state index in [-0.39, 0.29) is 5.91 Å². The maximum absolute atomic E-state index is 12.1. The van der Waals surface area contributed by atoms with E-state index in [4.69, 9.17) is 0 Å². The number of carbonyl (C=O) groups excluding carboxylic acids is 1. The van der Waals surface area contributed by atoms with Gasteiger partial charge in [-0.15, -0.1) is 0 Å². The molecule has 0 radical (unpaired) electrons. The summed E-state index contributed by atoms with van der Waals surface area (Å²) in [6.07, 6.45) is 4.50. The number of nitrogens with zero attached hydrogens (tertiary/aromatic N) is 1. The predicted octanol–water partition coefficient (Wildman–Crippen LogP) is 1.52. The van der Waals surface area contributed by atoms with Crippen molar-refractivity contribution in [3.05, 3.63) is 29.8 Å². The summed E-state index contributed by atoms with van der Waals surface area (Å²) in [5.41, 5.74) is 1.06.